The second-order valence-corrected chi connectivity index (χ2v) is 7.85. The molecule has 0 bridgehead atoms. The van der Waals surface area contributed by atoms with Crippen LogP contribution in [0.2, 0.25) is 0 Å². The zero-order chi connectivity index (χ0) is 13.2. The molecule has 0 amide bonds. The Labute approximate surface area is 119 Å². The molecule has 0 radical (unpaired) electrons. The molecule has 2 nitrogen and oxygen atoms in total. The number of nitrogens with one attached hydrogen (secondary N) is 1. The van der Waals surface area contributed by atoms with E-state index in [0.29, 0.717) is 11.0 Å². The summed E-state index contributed by atoms with van der Waals surface area (Å²) < 4.78 is 0. The summed E-state index contributed by atoms with van der Waals surface area (Å²) in [5.41, 5.74) is 1.10. The van der Waals surface area contributed by atoms with Crippen molar-refractivity contribution in [2.24, 2.45) is 5.41 Å². The molecule has 3 fully saturated rings. The van der Waals surface area contributed by atoms with Gasteiger partial charge < -0.3 is 10.2 Å². The van der Waals surface area contributed by atoms with E-state index < -0.39 is 0 Å². The summed E-state index contributed by atoms with van der Waals surface area (Å²) in [7, 11) is 0. The van der Waals surface area contributed by atoms with Gasteiger partial charge in [0.1, 0.15) is 0 Å². The van der Waals surface area contributed by atoms with Gasteiger partial charge in [-0.3, -0.25) is 0 Å². The Kier molecular flexibility index (Phi) is 4.19. The summed E-state index contributed by atoms with van der Waals surface area (Å²) in [6, 6.07) is 0. The highest BCUT2D eigenvalue weighted by Crippen LogP contribution is 2.39. The van der Waals surface area contributed by atoms with Gasteiger partial charge in [-0.1, -0.05) is 39.0 Å². The van der Waals surface area contributed by atoms with Gasteiger partial charge in [0.05, 0.1) is 0 Å². The van der Waals surface area contributed by atoms with Gasteiger partial charge in [-0.25, -0.2) is 0 Å². The van der Waals surface area contributed by atoms with Crippen LogP contribution < -0.4 is 5.32 Å². The molecule has 1 saturated heterocycles. The normalized spacial score (nSPS) is 31.4. The van der Waals surface area contributed by atoms with Crippen molar-refractivity contribution in [3.63, 3.8) is 0 Å². The molecule has 19 heavy (non-hydrogen) atoms. The van der Waals surface area contributed by atoms with E-state index in [4.69, 9.17) is 0 Å². The molecule has 1 N–H and O–H groups in total. The number of hydrogen-bond acceptors (Lipinski definition) is 2. The van der Waals surface area contributed by atoms with Crippen LogP contribution in [0.5, 0.6) is 0 Å². The zero-order valence-electron chi connectivity index (χ0n) is 12.8. The molecule has 3 rings (SSSR count). The van der Waals surface area contributed by atoms with Crippen LogP contribution in [0.1, 0.15) is 71.1 Å². The minimum Gasteiger partial charge on any atom is -0.310 e. The maximum atomic E-state index is 3.92. The molecule has 1 heterocycles. The molecule has 0 unspecified atom stereocenters. The van der Waals surface area contributed by atoms with E-state index in [0.717, 1.165) is 0 Å². The molecule has 2 aliphatic carbocycles. The molecule has 1 spiro atoms. The minimum atomic E-state index is 0.476. The lowest BCUT2D eigenvalue weighted by atomic mass is 9.80. The topological polar surface area (TPSA) is 15.3 Å². The van der Waals surface area contributed by atoms with Crippen LogP contribution in [-0.4, -0.2) is 36.6 Å². The lowest BCUT2D eigenvalue weighted by Crippen LogP contribution is -2.53. The Morgan fingerprint density at radius 3 is 2.32 bits per heavy atom. The van der Waals surface area contributed by atoms with Crippen molar-refractivity contribution in [1.82, 2.24) is 10.2 Å². The standard InChI is InChI=1S/C17H32N2/c1-16(8-5-6-9-16)14-19-13-7-12-18-17(15-19)10-3-2-4-11-17/h18H,2-15H2,1H3. The van der Waals surface area contributed by atoms with Crippen molar-refractivity contribution in [3.8, 4) is 0 Å². The van der Waals surface area contributed by atoms with Crippen LogP contribution >= 0.6 is 0 Å². The molecule has 3 aliphatic rings. The van der Waals surface area contributed by atoms with Gasteiger partial charge in [0.25, 0.3) is 0 Å². The molecule has 0 aromatic carbocycles. The average molecular weight is 264 g/mol. The Bertz CT molecular complexity index is 288. The molecule has 0 aromatic rings. The van der Waals surface area contributed by atoms with Gasteiger partial charge in [-0.05, 0) is 50.6 Å². The third-order valence-electron chi connectivity index (χ3n) is 5.90. The smallest absolute Gasteiger partial charge is 0.0308 e. The number of hydrogen-bond donors (Lipinski definition) is 1. The van der Waals surface area contributed by atoms with Gasteiger partial charge >= 0.3 is 0 Å². The van der Waals surface area contributed by atoms with E-state index in [1.165, 1.54) is 90.4 Å². The van der Waals surface area contributed by atoms with Gasteiger partial charge in [-0.15, -0.1) is 0 Å². The molecule has 2 saturated carbocycles. The van der Waals surface area contributed by atoms with E-state index in [1.807, 2.05) is 0 Å². The highest BCUT2D eigenvalue weighted by atomic mass is 15.2. The summed E-state index contributed by atoms with van der Waals surface area (Å²) in [6.07, 6.45) is 14.4. The van der Waals surface area contributed by atoms with Gasteiger partial charge in [0.15, 0.2) is 0 Å². The Morgan fingerprint density at radius 1 is 0.895 bits per heavy atom. The number of rotatable bonds is 2. The fourth-order valence-corrected chi connectivity index (χ4v) is 4.84. The highest BCUT2D eigenvalue weighted by molar-refractivity contribution is 4.96. The fraction of sp³-hybridized carbons (Fsp3) is 1.00. The molecule has 0 atom stereocenters. The molecular weight excluding hydrogens is 232 g/mol. The Morgan fingerprint density at radius 2 is 1.58 bits per heavy atom. The van der Waals surface area contributed by atoms with E-state index in [2.05, 4.69) is 17.1 Å². The van der Waals surface area contributed by atoms with Crippen molar-refractivity contribution < 1.29 is 0 Å². The van der Waals surface area contributed by atoms with Crippen LogP contribution in [0.25, 0.3) is 0 Å². The van der Waals surface area contributed by atoms with E-state index in [9.17, 15) is 0 Å². The highest BCUT2D eigenvalue weighted by Gasteiger charge is 2.37. The quantitative estimate of drug-likeness (QED) is 0.820. The van der Waals surface area contributed by atoms with Crippen LogP contribution in [0.4, 0.5) is 0 Å². The molecule has 0 aromatic heterocycles. The zero-order valence-corrected chi connectivity index (χ0v) is 12.8. The summed E-state index contributed by atoms with van der Waals surface area (Å²) >= 11 is 0. The Balaban J connectivity index is 1.63. The van der Waals surface area contributed by atoms with Gasteiger partial charge in [0, 0.05) is 18.6 Å². The fourth-order valence-electron chi connectivity index (χ4n) is 4.84. The largest absolute Gasteiger partial charge is 0.310 e. The van der Waals surface area contributed by atoms with Crippen molar-refractivity contribution in [2.75, 3.05) is 26.2 Å². The summed E-state index contributed by atoms with van der Waals surface area (Å²) in [5, 5.41) is 3.92. The maximum Gasteiger partial charge on any atom is 0.0308 e. The molecule has 1 aliphatic heterocycles. The second-order valence-electron chi connectivity index (χ2n) is 7.85. The van der Waals surface area contributed by atoms with Crippen molar-refractivity contribution in [1.29, 1.82) is 0 Å². The third kappa shape index (κ3) is 3.33. The van der Waals surface area contributed by atoms with Gasteiger partial charge in [0.2, 0.25) is 0 Å². The Hall–Kier alpha value is -0.0800. The first-order valence-electron chi connectivity index (χ1n) is 8.67. The van der Waals surface area contributed by atoms with E-state index in [1.54, 1.807) is 0 Å². The summed E-state index contributed by atoms with van der Waals surface area (Å²) in [4.78, 5) is 2.82. The lowest BCUT2D eigenvalue weighted by molar-refractivity contribution is 0.119. The first-order chi connectivity index (χ1) is 9.20. The summed E-state index contributed by atoms with van der Waals surface area (Å²) in [6.45, 7) is 7.78. The molecular formula is C17H32N2. The average Bonchev–Trinajstić information content (AvgIpc) is 2.73. The molecule has 2 heteroatoms. The number of nitrogens with zero attached hydrogens (tertiary/aromatic N) is 1. The van der Waals surface area contributed by atoms with Crippen LogP contribution in [0, 0.1) is 5.41 Å². The lowest BCUT2D eigenvalue weighted by Gasteiger charge is -2.42. The first kappa shape index (κ1) is 13.9. The SMILES string of the molecule is CC1(CN2CCCNC3(CCCCC3)C2)CCCC1. The minimum absolute atomic E-state index is 0.476. The second kappa shape index (κ2) is 5.73. The van der Waals surface area contributed by atoms with Crippen LogP contribution in [0.3, 0.4) is 0 Å². The maximum absolute atomic E-state index is 3.92. The first-order valence-corrected chi connectivity index (χ1v) is 8.67. The monoisotopic (exact) mass is 264 g/mol. The van der Waals surface area contributed by atoms with Crippen LogP contribution in [-0.2, 0) is 0 Å². The van der Waals surface area contributed by atoms with Crippen molar-refractivity contribution >= 4 is 0 Å². The molecule has 110 valence electrons. The third-order valence-corrected chi connectivity index (χ3v) is 5.90. The van der Waals surface area contributed by atoms with Crippen LogP contribution in [0.15, 0.2) is 0 Å². The van der Waals surface area contributed by atoms with E-state index in [-0.39, 0.29) is 0 Å². The summed E-state index contributed by atoms with van der Waals surface area (Å²) in [5.74, 6) is 0. The van der Waals surface area contributed by atoms with Gasteiger partial charge in [-0.2, -0.15) is 0 Å². The van der Waals surface area contributed by atoms with E-state index >= 15 is 0 Å². The van der Waals surface area contributed by atoms with Crippen molar-refractivity contribution in [3.05, 3.63) is 0 Å². The predicted molar refractivity (Wildman–Crippen MR) is 81.5 cm³/mol. The van der Waals surface area contributed by atoms with Crippen molar-refractivity contribution in [2.45, 2.75) is 76.7 Å². The predicted octanol–water partition coefficient (Wildman–Crippen LogP) is 3.56.